The molecule has 0 aliphatic rings. The van der Waals surface area contributed by atoms with Crippen LogP contribution < -0.4 is 5.32 Å². The van der Waals surface area contributed by atoms with Gasteiger partial charge in [0.2, 0.25) is 0 Å². The molecule has 2 aromatic rings. The van der Waals surface area contributed by atoms with Crippen LogP contribution in [0, 0.1) is 13.8 Å². The van der Waals surface area contributed by atoms with Crippen molar-refractivity contribution >= 4 is 12.4 Å². The largest absolute Gasteiger partial charge is 0.361 e. The molecule has 0 unspecified atom stereocenters. The Morgan fingerprint density at radius 2 is 2.24 bits per heavy atom. The summed E-state index contributed by atoms with van der Waals surface area (Å²) in [6.45, 7) is 5.64. The van der Waals surface area contributed by atoms with E-state index in [0.717, 1.165) is 36.7 Å². The number of imidazole rings is 1. The number of hydrogen-bond donors (Lipinski definition) is 2. The number of rotatable bonds is 5. The normalized spacial score (nSPS) is 10.2. The molecule has 2 rings (SSSR count). The number of aromatic nitrogens is 3. The molecular weight excluding hydrogens is 240 g/mol. The fraction of sp³-hybridized carbons (Fsp3) is 0.455. The van der Waals surface area contributed by atoms with Crippen LogP contribution in [0.5, 0.6) is 0 Å². The number of halogens is 1. The second-order valence-electron chi connectivity index (χ2n) is 3.81. The molecule has 0 spiro atoms. The highest BCUT2D eigenvalue weighted by Gasteiger charge is 2.07. The molecule has 0 aromatic carbocycles. The van der Waals surface area contributed by atoms with Crippen molar-refractivity contribution in [2.75, 3.05) is 6.54 Å². The van der Waals surface area contributed by atoms with E-state index in [0.29, 0.717) is 0 Å². The maximum absolute atomic E-state index is 5.10. The molecule has 5 nitrogen and oxygen atoms in total. The molecule has 0 amide bonds. The molecule has 6 heteroatoms. The molecule has 0 radical (unpaired) electrons. The van der Waals surface area contributed by atoms with Crippen LogP contribution in [0.15, 0.2) is 17.0 Å². The van der Waals surface area contributed by atoms with Crippen molar-refractivity contribution in [3.8, 4) is 0 Å². The van der Waals surface area contributed by atoms with Gasteiger partial charge in [0.05, 0.1) is 12.0 Å². The topological polar surface area (TPSA) is 66.7 Å². The minimum atomic E-state index is 0. The first-order valence-electron chi connectivity index (χ1n) is 5.37. The number of hydrogen-bond acceptors (Lipinski definition) is 4. The van der Waals surface area contributed by atoms with Crippen molar-refractivity contribution < 1.29 is 4.52 Å². The van der Waals surface area contributed by atoms with Crippen molar-refractivity contribution in [3.05, 3.63) is 35.2 Å². The molecular formula is C11H17ClN4O. The van der Waals surface area contributed by atoms with Gasteiger partial charge in [-0.25, -0.2) is 4.98 Å². The first kappa shape index (κ1) is 13.7. The average molecular weight is 257 g/mol. The lowest BCUT2D eigenvalue weighted by Crippen LogP contribution is -2.17. The molecule has 94 valence electrons. The molecule has 0 saturated heterocycles. The van der Waals surface area contributed by atoms with E-state index >= 15 is 0 Å². The zero-order chi connectivity index (χ0) is 11.4. The highest BCUT2D eigenvalue weighted by molar-refractivity contribution is 5.85. The predicted octanol–water partition coefficient (Wildman–Crippen LogP) is 1.77. The molecule has 0 saturated carbocycles. The van der Waals surface area contributed by atoms with E-state index in [4.69, 9.17) is 4.52 Å². The van der Waals surface area contributed by atoms with Crippen molar-refractivity contribution in [1.29, 1.82) is 0 Å². The van der Waals surface area contributed by atoms with Crippen molar-refractivity contribution in [1.82, 2.24) is 20.4 Å². The third kappa shape index (κ3) is 3.57. The number of nitrogens with one attached hydrogen (secondary N) is 2. The van der Waals surface area contributed by atoms with Gasteiger partial charge in [0.1, 0.15) is 5.76 Å². The van der Waals surface area contributed by atoms with E-state index in [1.807, 2.05) is 20.0 Å². The predicted molar refractivity (Wildman–Crippen MR) is 67.2 cm³/mol. The SMILES string of the molecule is Cc1noc(C)c1CCNCc1cnc[nH]1.Cl. The Labute approximate surface area is 106 Å². The minimum absolute atomic E-state index is 0. The van der Waals surface area contributed by atoms with Crippen LogP contribution in [0.2, 0.25) is 0 Å². The van der Waals surface area contributed by atoms with Crippen LogP contribution in [-0.4, -0.2) is 21.7 Å². The molecule has 0 aliphatic carbocycles. The maximum atomic E-state index is 5.10. The number of nitrogens with zero attached hydrogens (tertiary/aromatic N) is 2. The summed E-state index contributed by atoms with van der Waals surface area (Å²) in [5.41, 5.74) is 3.29. The van der Waals surface area contributed by atoms with Gasteiger partial charge in [-0.3, -0.25) is 0 Å². The minimum Gasteiger partial charge on any atom is -0.361 e. The van der Waals surface area contributed by atoms with Crippen LogP contribution in [0.1, 0.15) is 22.7 Å². The monoisotopic (exact) mass is 256 g/mol. The van der Waals surface area contributed by atoms with E-state index < -0.39 is 0 Å². The quantitative estimate of drug-likeness (QED) is 0.800. The van der Waals surface area contributed by atoms with Gasteiger partial charge >= 0.3 is 0 Å². The highest BCUT2D eigenvalue weighted by atomic mass is 35.5. The second-order valence-corrected chi connectivity index (χ2v) is 3.81. The summed E-state index contributed by atoms with van der Waals surface area (Å²) in [7, 11) is 0. The van der Waals surface area contributed by atoms with Crippen molar-refractivity contribution in [2.24, 2.45) is 0 Å². The van der Waals surface area contributed by atoms with Gasteiger partial charge in [0.15, 0.2) is 0 Å². The Balaban J connectivity index is 0.00000144. The Kier molecular flexibility index (Phi) is 5.18. The van der Waals surface area contributed by atoms with Crippen LogP contribution in [0.25, 0.3) is 0 Å². The second kappa shape index (κ2) is 6.42. The van der Waals surface area contributed by atoms with Crippen molar-refractivity contribution in [2.45, 2.75) is 26.8 Å². The molecule has 0 atom stereocenters. The third-order valence-electron chi connectivity index (χ3n) is 2.60. The standard InChI is InChI=1S/C11H16N4O.ClH/c1-8-11(9(2)16-15-8)3-4-12-5-10-6-13-7-14-10;/h6-7,12H,3-5H2,1-2H3,(H,13,14);1H. The summed E-state index contributed by atoms with van der Waals surface area (Å²) in [5.74, 6) is 0.917. The van der Waals surface area contributed by atoms with Crippen LogP contribution >= 0.6 is 12.4 Å². The van der Waals surface area contributed by atoms with Gasteiger partial charge in [0.25, 0.3) is 0 Å². The smallest absolute Gasteiger partial charge is 0.137 e. The van der Waals surface area contributed by atoms with E-state index in [2.05, 4.69) is 20.4 Å². The highest BCUT2D eigenvalue weighted by Crippen LogP contribution is 2.11. The summed E-state index contributed by atoms with van der Waals surface area (Å²) in [4.78, 5) is 7.01. The molecule has 2 aromatic heterocycles. The fourth-order valence-electron chi connectivity index (χ4n) is 1.68. The molecule has 0 aliphatic heterocycles. The van der Waals surface area contributed by atoms with Crippen LogP contribution in [-0.2, 0) is 13.0 Å². The average Bonchev–Trinajstić information content (AvgIpc) is 2.87. The Hall–Kier alpha value is -1.33. The lowest BCUT2D eigenvalue weighted by Gasteiger charge is -2.02. The van der Waals surface area contributed by atoms with E-state index in [1.165, 1.54) is 5.56 Å². The lowest BCUT2D eigenvalue weighted by molar-refractivity contribution is 0.392. The maximum Gasteiger partial charge on any atom is 0.137 e. The summed E-state index contributed by atoms with van der Waals surface area (Å²) in [6.07, 6.45) is 4.45. The summed E-state index contributed by atoms with van der Waals surface area (Å²) in [6, 6.07) is 0. The zero-order valence-electron chi connectivity index (χ0n) is 9.99. The van der Waals surface area contributed by atoms with E-state index in [9.17, 15) is 0 Å². The zero-order valence-corrected chi connectivity index (χ0v) is 10.8. The van der Waals surface area contributed by atoms with Gasteiger partial charge in [0, 0.05) is 24.0 Å². The van der Waals surface area contributed by atoms with Crippen LogP contribution in [0.4, 0.5) is 0 Å². The molecule has 2 heterocycles. The number of H-pyrrole nitrogens is 1. The first-order chi connectivity index (χ1) is 7.77. The molecule has 2 N–H and O–H groups in total. The Morgan fingerprint density at radius 3 is 2.82 bits per heavy atom. The third-order valence-corrected chi connectivity index (χ3v) is 2.60. The fourth-order valence-corrected chi connectivity index (χ4v) is 1.68. The van der Waals surface area contributed by atoms with E-state index in [1.54, 1.807) is 6.33 Å². The van der Waals surface area contributed by atoms with E-state index in [-0.39, 0.29) is 12.4 Å². The number of aryl methyl sites for hydroxylation is 2. The summed E-state index contributed by atoms with van der Waals surface area (Å²) in [5, 5.41) is 7.27. The summed E-state index contributed by atoms with van der Waals surface area (Å²) >= 11 is 0. The van der Waals surface area contributed by atoms with Gasteiger partial charge in [-0.15, -0.1) is 12.4 Å². The molecule has 17 heavy (non-hydrogen) atoms. The lowest BCUT2D eigenvalue weighted by atomic mass is 10.1. The summed E-state index contributed by atoms with van der Waals surface area (Å²) < 4.78 is 5.10. The number of aromatic amines is 1. The van der Waals surface area contributed by atoms with Gasteiger partial charge in [-0.1, -0.05) is 5.16 Å². The van der Waals surface area contributed by atoms with Gasteiger partial charge < -0.3 is 14.8 Å². The van der Waals surface area contributed by atoms with Gasteiger partial charge in [-0.05, 0) is 26.8 Å². The Morgan fingerprint density at radius 1 is 1.41 bits per heavy atom. The van der Waals surface area contributed by atoms with Gasteiger partial charge in [-0.2, -0.15) is 0 Å². The van der Waals surface area contributed by atoms with Crippen molar-refractivity contribution in [3.63, 3.8) is 0 Å². The molecule has 0 bridgehead atoms. The first-order valence-corrected chi connectivity index (χ1v) is 5.37. The van der Waals surface area contributed by atoms with Crippen LogP contribution in [0.3, 0.4) is 0 Å². The Bertz CT molecular complexity index is 419. The molecule has 0 fully saturated rings.